The van der Waals surface area contributed by atoms with Crippen LogP contribution in [0.2, 0.25) is 14.3 Å². The molecule has 19 heavy (non-hydrogen) atoms. The summed E-state index contributed by atoms with van der Waals surface area (Å²) in [5.74, 6) is 1.64. The first-order chi connectivity index (χ1) is 9.16. The van der Waals surface area contributed by atoms with Crippen LogP contribution in [-0.4, -0.2) is 38.8 Å². The monoisotopic (exact) mass is 369 g/mol. The van der Waals surface area contributed by atoms with Crippen molar-refractivity contribution < 1.29 is 14.3 Å². The Morgan fingerprint density at radius 2 is 2.16 bits per heavy atom. The molecule has 0 N–H and O–H groups in total. The first kappa shape index (κ1) is 14.7. The molecule has 1 aliphatic heterocycles. The average molecular weight is 368 g/mol. The Morgan fingerprint density at radius 3 is 2.95 bits per heavy atom. The van der Waals surface area contributed by atoms with E-state index < -0.39 is 19.8 Å². The molecule has 1 heterocycles. The third-order valence-corrected chi connectivity index (χ3v) is 7.04. The number of hydrogen-bond acceptors (Lipinski definition) is 3. The second-order valence-corrected chi connectivity index (χ2v) is 13.5. The van der Waals surface area contributed by atoms with Crippen molar-refractivity contribution in [3.05, 3.63) is 23.8 Å². The number of hydrogen-bond donors (Lipinski definition) is 0. The number of rotatable bonds is 6. The van der Waals surface area contributed by atoms with Gasteiger partial charge in [0.2, 0.25) is 0 Å². The fraction of sp³-hybridized carbons (Fsp3) is 0.533. The zero-order chi connectivity index (χ0) is 13.7. The maximum atomic E-state index is 11.6. The van der Waals surface area contributed by atoms with E-state index in [9.17, 15) is 4.79 Å². The van der Waals surface area contributed by atoms with Gasteiger partial charge in [-0.25, -0.2) is 0 Å². The molecular formula is C15H21O3Sn. The number of ether oxygens (including phenoxy) is 2. The third kappa shape index (κ3) is 4.40. The summed E-state index contributed by atoms with van der Waals surface area (Å²) < 4.78 is 12.7. The molecule has 103 valence electrons. The minimum atomic E-state index is -0.913. The van der Waals surface area contributed by atoms with Crippen molar-refractivity contribution in [2.75, 3.05) is 13.2 Å². The summed E-state index contributed by atoms with van der Waals surface area (Å²) in [6.07, 6.45) is 2.87. The van der Waals surface area contributed by atoms with Crippen molar-refractivity contribution in [1.29, 1.82) is 0 Å². The number of carbonyl (C=O) groups is 1. The standard InChI is InChI=1S/C13H15O3.2CH3.Sn/c1-2-3-7-15-10-4-5-11-12(14)6-8-16-13(11)9-10;;;/h4-5,9H,1-3,6-8H2;2*1H3;. The van der Waals surface area contributed by atoms with Crippen LogP contribution in [0.15, 0.2) is 18.2 Å². The molecule has 0 fully saturated rings. The van der Waals surface area contributed by atoms with Gasteiger partial charge in [-0.15, -0.1) is 0 Å². The van der Waals surface area contributed by atoms with Gasteiger partial charge in [-0.3, -0.25) is 0 Å². The van der Waals surface area contributed by atoms with E-state index in [4.69, 9.17) is 9.47 Å². The Labute approximate surface area is 122 Å². The Kier molecular flexibility index (Phi) is 5.55. The SMILES string of the molecule is [CH3][Sn]([CH3])[CH2]CCCOc1ccc2c(c1)OCCC2=O. The summed E-state index contributed by atoms with van der Waals surface area (Å²) in [5.41, 5.74) is 0.687. The van der Waals surface area contributed by atoms with Crippen LogP contribution in [0.3, 0.4) is 0 Å². The Hall–Kier alpha value is -0.711. The number of fused-ring (bicyclic) bond motifs is 1. The van der Waals surface area contributed by atoms with Crippen LogP contribution in [0.4, 0.5) is 0 Å². The van der Waals surface area contributed by atoms with Crippen LogP contribution in [0.1, 0.15) is 29.6 Å². The van der Waals surface area contributed by atoms with E-state index in [1.54, 1.807) is 0 Å². The molecular weight excluding hydrogens is 347 g/mol. The first-order valence-corrected chi connectivity index (χ1v) is 14.6. The molecule has 4 heteroatoms. The van der Waals surface area contributed by atoms with Crippen LogP contribution in [0.5, 0.6) is 11.5 Å². The van der Waals surface area contributed by atoms with Crippen LogP contribution in [-0.2, 0) is 0 Å². The second kappa shape index (κ2) is 7.17. The number of ketones is 1. The van der Waals surface area contributed by atoms with Crippen molar-refractivity contribution in [2.24, 2.45) is 0 Å². The molecule has 0 atom stereocenters. The molecule has 0 unspecified atom stereocenters. The Bertz CT molecular complexity index is 443. The van der Waals surface area contributed by atoms with Crippen molar-refractivity contribution in [3.8, 4) is 11.5 Å². The molecule has 0 aliphatic carbocycles. The van der Waals surface area contributed by atoms with Crippen LogP contribution < -0.4 is 9.47 Å². The minimum absolute atomic E-state index is 0.164. The quantitative estimate of drug-likeness (QED) is 0.569. The Morgan fingerprint density at radius 1 is 1.32 bits per heavy atom. The van der Waals surface area contributed by atoms with Crippen molar-refractivity contribution in [1.82, 2.24) is 0 Å². The van der Waals surface area contributed by atoms with Crippen molar-refractivity contribution in [3.63, 3.8) is 0 Å². The number of Topliss-reactive ketones (excluding diaryl/α,β-unsaturated/α-hetero) is 1. The van der Waals surface area contributed by atoms with Crippen LogP contribution >= 0.6 is 0 Å². The number of unbranched alkanes of at least 4 members (excludes halogenated alkanes) is 1. The fourth-order valence-corrected chi connectivity index (χ4v) is 4.83. The zero-order valence-corrected chi connectivity index (χ0v) is 14.6. The summed E-state index contributed by atoms with van der Waals surface area (Å²) in [6.45, 7) is 1.24. The third-order valence-electron chi connectivity index (χ3n) is 3.18. The molecule has 2 rings (SSSR count). The van der Waals surface area contributed by atoms with Gasteiger partial charge in [-0.05, 0) is 0 Å². The van der Waals surface area contributed by atoms with Crippen molar-refractivity contribution in [2.45, 2.75) is 33.6 Å². The predicted octanol–water partition coefficient (Wildman–Crippen LogP) is 3.57. The maximum absolute atomic E-state index is 11.6. The average Bonchev–Trinajstić information content (AvgIpc) is 2.38. The molecule has 3 nitrogen and oxygen atoms in total. The molecule has 1 radical (unpaired) electrons. The van der Waals surface area contributed by atoms with Crippen molar-refractivity contribution >= 4 is 25.5 Å². The zero-order valence-electron chi connectivity index (χ0n) is 11.7. The van der Waals surface area contributed by atoms with Gasteiger partial charge >= 0.3 is 122 Å². The molecule has 1 aliphatic rings. The summed E-state index contributed by atoms with van der Waals surface area (Å²) in [6, 6.07) is 5.52. The van der Waals surface area contributed by atoms with Gasteiger partial charge in [0, 0.05) is 0 Å². The summed E-state index contributed by atoms with van der Waals surface area (Å²) in [5, 5.41) is 0. The number of benzene rings is 1. The fourth-order valence-electron chi connectivity index (χ4n) is 2.10. The second-order valence-electron chi connectivity index (χ2n) is 5.19. The Balaban J connectivity index is 1.83. The van der Waals surface area contributed by atoms with E-state index in [1.165, 1.54) is 10.9 Å². The number of carbonyl (C=O) groups excluding carboxylic acids is 1. The van der Waals surface area contributed by atoms with Gasteiger partial charge in [-0.1, -0.05) is 0 Å². The molecule has 1 aromatic rings. The van der Waals surface area contributed by atoms with E-state index >= 15 is 0 Å². The van der Waals surface area contributed by atoms with Crippen LogP contribution in [0, 0.1) is 0 Å². The molecule has 0 saturated heterocycles. The van der Waals surface area contributed by atoms with E-state index in [1.807, 2.05) is 18.2 Å². The van der Waals surface area contributed by atoms with Gasteiger partial charge in [-0.2, -0.15) is 0 Å². The first-order valence-electron chi connectivity index (χ1n) is 6.88. The van der Waals surface area contributed by atoms with Gasteiger partial charge < -0.3 is 0 Å². The molecule has 0 aromatic heterocycles. The van der Waals surface area contributed by atoms with E-state index in [2.05, 4.69) is 9.88 Å². The normalized spacial score (nSPS) is 14.2. The van der Waals surface area contributed by atoms with Gasteiger partial charge in [0.15, 0.2) is 0 Å². The molecule has 0 bridgehead atoms. The topological polar surface area (TPSA) is 35.5 Å². The molecule has 0 spiro atoms. The molecule has 0 saturated carbocycles. The van der Waals surface area contributed by atoms with Gasteiger partial charge in [0.25, 0.3) is 0 Å². The van der Waals surface area contributed by atoms with E-state index in [-0.39, 0.29) is 5.78 Å². The summed E-state index contributed by atoms with van der Waals surface area (Å²) >= 11 is -0.913. The van der Waals surface area contributed by atoms with E-state index in [0.717, 1.165) is 18.8 Å². The predicted molar refractivity (Wildman–Crippen MR) is 77.9 cm³/mol. The molecule has 1 aromatic carbocycles. The molecule has 0 amide bonds. The van der Waals surface area contributed by atoms with Gasteiger partial charge in [0.05, 0.1) is 0 Å². The summed E-state index contributed by atoms with van der Waals surface area (Å²) in [7, 11) is 0. The summed E-state index contributed by atoms with van der Waals surface area (Å²) in [4.78, 5) is 16.5. The van der Waals surface area contributed by atoms with E-state index in [0.29, 0.717) is 24.3 Å². The van der Waals surface area contributed by atoms with Crippen LogP contribution in [0.25, 0.3) is 0 Å². The van der Waals surface area contributed by atoms with Gasteiger partial charge in [0.1, 0.15) is 0 Å².